The van der Waals surface area contributed by atoms with E-state index in [1.165, 1.54) is 77.5 Å². The maximum absolute atomic E-state index is 2.52. The fourth-order valence-electron chi connectivity index (χ4n) is 10.1. The van der Waals surface area contributed by atoms with Gasteiger partial charge in [0.1, 0.15) is 0 Å². The third-order valence-corrected chi connectivity index (χ3v) is 12.8. The van der Waals surface area contributed by atoms with E-state index in [0.29, 0.717) is 0 Å². The Labute approximate surface area is 335 Å². The minimum absolute atomic E-state index is 0.148. The van der Waals surface area contributed by atoms with Crippen molar-refractivity contribution in [2.24, 2.45) is 0 Å². The normalized spacial score (nSPS) is 14.1. The van der Waals surface area contributed by atoms with Crippen LogP contribution in [0.4, 0.5) is 17.1 Å². The van der Waals surface area contributed by atoms with Crippen molar-refractivity contribution in [1.82, 2.24) is 0 Å². The lowest BCUT2D eigenvalue weighted by molar-refractivity contribution is 0.659. The molecule has 0 atom stereocenters. The van der Waals surface area contributed by atoms with Crippen LogP contribution < -0.4 is 4.90 Å². The number of hydrogen-bond acceptors (Lipinski definition) is 1. The highest BCUT2D eigenvalue weighted by Gasteiger charge is 2.47. The minimum atomic E-state index is -0.449. The fourth-order valence-corrected chi connectivity index (χ4v) is 10.1. The molecule has 9 aromatic carbocycles. The summed E-state index contributed by atoms with van der Waals surface area (Å²) in [7, 11) is 0. The molecule has 2 aliphatic carbocycles. The van der Waals surface area contributed by atoms with E-state index < -0.39 is 5.41 Å². The van der Waals surface area contributed by atoms with Gasteiger partial charge in [-0.3, -0.25) is 0 Å². The average Bonchev–Trinajstić information content (AvgIpc) is 3.70. The molecule has 0 amide bonds. The number of rotatable bonds is 6. The maximum atomic E-state index is 2.52. The number of fused-ring (bicyclic) bond motifs is 7. The molecule has 0 spiro atoms. The maximum Gasteiger partial charge on any atom is 0.0713 e. The van der Waals surface area contributed by atoms with E-state index in [9.17, 15) is 0 Å². The van der Waals surface area contributed by atoms with Gasteiger partial charge in [0.2, 0.25) is 0 Å². The summed E-state index contributed by atoms with van der Waals surface area (Å²) >= 11 is 0. The molecule has 0 saturated carbocycles. The molecule has 57 heavy (non-hydrogen) atoms. The zero-order chi connectivity index (χ0) is 38.1. The molecular weight excluding hydrogens is 687 g/mol. The van der Waals surface area contributed by atoms with Gasteiger partial charge >= 0.3 is 0 Å². The van der Waals surface area contributed by atoms with Crippen LogP contribution in [0.15, 0.2) is 212 Å². The van der Waals surface area contributed by atoms with Crippen LogP contribution in [0, 0.1) is 0 Å². The smallest absolute Gasteiger partial charge is 0.0713 e. The summed E-state index contributed by atoms with van der Waals surface area (Å²) in [6.07, 6.45) is 0. The lowest BCUT2D eigenvalue weighted by Gasteiger charge is -2.34. The van der Waals surface area contributed by atoms with Gasteiger partial charge in [0.25, 0.3) is 0 Å². The summed E-state index contributed by atoms with van der Waals surface area (Å²) in [5.74, 6) is 0. The predicted octanol–water partition coefficient (Wildman–Crippen LogP) is 14.6. The van der Waals surface area contributed by atoms with Gasteiger partial charge in [-0.1, -0.05) is 184 Å². The number of hydrogen-bond donors (Lipinski definition) is 0. The van der Waals surface area contributed by atoms with Gasteiger partial charge in [-0.15, -0.1) is 0 Å². The van der Waals surface area contributed by atoms with E-state index >= 15 is 0 Å². The van der Waals surface area contributed by atoms with Crippen molar-refractivity contribution >= 4 is 27.8 Å². The third kappa shape index (κ3) is 4.95. The Balaban J connectivity index is 1.08. The Morgan fingerprint density at radius 2 is 0.860 bits per heavy atom. The van der Waals surface area contributed by atoms with Crippen LogP contribution in [-0.2, 0) is 10.8 Å². The van der Waals surface area contributed by atoms with Gasteiger partial charge in [-0.2, -0.15) is 0 Å². The van der Waals surface area contributed by atoms with Gasteiger partial charge in [0.15, 0.2) is 0 Å². The van der Waals surface area contributed by atoms with E-state index in [0.717, 1.165) is 17.1 Å². The van der Waals surface area contributed by atoms with Crippen LogP contribution in [0.2, 0.25) is 0 Å². The van der Waals surface area contributed by atoms with Crippen molar-refractivity contribution in [3.05, 3.63) is 246 Å². The number of nitrogens with zero attached hydrogens (tertiary/aromatic N) is 1. The summed E-state index contributed by atoms with van der Waals surface area (Å²) in [5.41, 5.74) is 18.5. The minimum Gasteiger partial charge on any atom is -0.310 e. The molecule has 0 aliphatic heterocycles. The largest absolute Gasteiger partial charge is 0.310 e. The third-order valence-electron chi connectivity index (χ3n) is 12.8. The predicted molar refractivity (Wildman–Crippen MR) is 239 cm³/mol. The van der Waals surface area contributed by atoms with E-state index in [-0.39, 0.29) is 5.41 Å². The van der Waals surface area contributed by atoms with Crippen molar-refractivity contribution in [2.45, 2.75) is 24.7 Å². The van der Waals surface area contributed by atoms with Gasteiger partial charge in [-0.25, -0.2) is 0 Å². The first kappa shape index (κ1) is 33.4. The zero-order valence-corrected chi connectivity index (χ0v) is 32.2. The lowest BCUT2D eigenvalue weighted by Crippen LogP contribution is -2.28. The molecule has 0 aromatic heterocycles. The molecule has 0 fully saturated rings. The molecule has 0 radical (unpaired) electrons. The van der Waals surface area contributed by atoms with Crippen molar-refractivity contribution in [3.63, 3.8) is 0 Å². The van der Waals surface area contributed by atoms with E-state index in [1.54, 1.807) is 0 Å². The molecule has 2 aliphatic rings. The molecular formula is C56H41N. The Morgan fingerprint density at radius 3 is 1.58 bits per heavy atom. The molecule has 1 nitrogen and oxygen atoms in total. The Hall–Kier alpha value is -6.96. The van der Waals surface area contributed by atoms with Crippen LogP contribution in [0.3, 0.4) is 0 Å². The highest BCUT2D eigenvalue weighted by atomic mass is 15.1. The molecule has 1 heteroatoms. The van der Waals surface area contributed by atoms with Gasteiger partial charge in [-0.05, 0) is 120 Å². The van der Waals surface area contributed by atoms with Crippen molar-refractivity contribution in [1.29, 1.82) is 0 Å². The average molecular weight is 728 g/mol. The fraction of sp³-hybridized carbons (Fsp3) is 0.0714. The first-order chi connectivity index (χ1) is 28.0. The zero-order valence-electron chi connectivity index (χ0n) is 32.2. The molecule has 0 bridgehead atoms. The van der Waals surface area contributed by atoms with Gasteiger partial charge in [0, 0.05) is 22.5 Å². The lowest BCUT2D eigenvalue weighted by atomic mass is 9.67. The highest BCUT2D eigenvalue weighted by Crippen LogP contribution is 2.58. The van der Waals surface area contributed by atoms with Gasteiger partial charge < -0.3 is 4.90 Å². The summed E-state index contributed by atoms with van der Waals surface area (Å²) in [6.45, 7) is 4.76. The number of para-hydroxylation sites is 1. The molecule has 270 valence electrons. The number of benzene rings is 9. The molecule has 9 aromatic rings. The van der Waals surface area contributed by atoms with Crippen LogP contribution >= 0.6 is 0 Å². The Kier molecular flexibility index (Phi) is 7.50. The quantitative estimate of drug-likeness (QED) is 0.165. The summed E-state index contributed by atoms with van der Waals surface area (Å²) < 4.78 is 0. The monoisotopic (exact) mass is 727 g/mol. The van der Waals surface area contributed by atoms with Crippen LogP contribution in [-0.4, -0.2) is 0 Å². The van der Waals surface area contributed by atoms with Crippen molar-refractivity contribution < 1.29 is 0 Å². The summed E-state index contributed by atoms with van der Waals surface area (Å²) in [5, 5.41) is 2.52. The second-order valence-corrected chi connectivity index (χ2v) is 16.1. The molecule has 0 unspecified atom stereocenters. The SMILES string of the molecule is CC1(C)c2ccc(N(c3ccccc3)c3ccc(-c4cccc5ccccc45)cc3)cc2-c2cc(C3(c4ccccc4)c4ccccc4-c4ccccc43)ccc21. The standard InChI is InChI=1S/C56H41N/c1-55(2)51-34-30-41(56(40-18-5-3-6-19-40)53-26-13-11-23-47(53)48-24-12-14-27-54(48)56)36-49(51)50-37-44(33-35-52(50)55)57(42-20-7-4-8-21-42)43-31-28-39(29-32-43)46-25-15-17-38-16-9-10-22-45(38)46/h3-37H,1-2H3. The van der Waals surface area contributed by atoms with Gasteiger partial charge in [0.05, 0.1) is 5.41 Å². The summed E-state index contributed by atoms with van der Waals surface area (Å²) in [4.78, 5) is 2.40. The van der Waals surface area contributed by atoms with Crippen LogP contribution in [0.5, 0.6) is 0 Å². The molecule has 0 N–H and O–H groups in total. The van der Waals surface area contributed by atoms with E-state index in [4.69, 9.17) is 0 Å². The highest BCUT2D eigenvalue weighted by molar-refractivity contribution is 5.97. The Bertz CT molecular complexity index is 2920. The number of anilines is 3. The van der Waals surface area contributed by atoms with Crippen molar-refractivity contribution in [3.8, 4) is 33.4 Å². The summed E-state index contributed by atoms with van der Waals surface area (Å²) in [6, 6.07) is 78.7. The topological polar surface area (TPSA) is 3.24 Å². The Morgan fingerprint density at radius 1 is 0.333 bits per heavy atom. The van der Waals surface area contributed by atoms with Crippen molar-refractivity contribution in [2.75, 3.05) is 4.90 Å². The second kappa shape index (κ2) is 12.8. The first-order valence-corrected chi connectivity index (χ1v) is 20.0. The molecule has 0 heterocycles. The van der Waals surface area contributed by atoms with Crippen LogP contribution in [0.25, 0.3) is 44.2 Å². The first-order valence-electron chi connectivity index (χ1n) is 20.0. The van der Waals surface area contributed by atoms with E-state index in [1.807, 2.05) is 0 Å². The molecule has 0 saturated heterocycles. The van der Waals surface area contributed by atoms with Crippen LogP contribution in [0.1, 0.15) is 47.2 Å². The van der Waals surface area contributed by atoms with E-state index in [2.05, 4.69) is 231 Å². The second-order valence-electron chi connectivity index (χ2n) is 16.1. The molecule has 11 rings (SSSR count).